The van der Waals surface area contributed by atoms with E-state index in [-0.39, 0.29) is 31.6 Å². The number of carbonyl (C=O) groups excluding carboxylic acids is 1. The molecule has 2 N–H and O–H groups in total. The topological polar surface area (TPSA) is 138 Å². The molecule has 3 aromatic carbocycles. The number of aliphatic hydroxyl groups is 1. The molecule has 11 heteroatoms. The quantitative estimate of drug-likeness (QED) is 0.0785. The highest BCUT2D eigenvalue weighted by molar-refractivity contribution is 9.10. The van der Waals surface area contributed by atoms with Crippen LogP contribution in [0.3, 0.4) is 0 Å². The van der Waals surface area contributed by atoms with Gasteiger partial charge in [0.1, 0.15) is 5.75 Å². The predicted octanol–water partition coefficient (Wildman–Crippen LogP) is 6.45. The van der Waals surface area contributed by atoms with E-state index in [0.29, 0.717) is 49.8 Å². The number of carbonyl (C=O) groups is 1. The van der Waals surface area contributed by atoms with E-state index in [2.05, 4.69) is 31.3 Å². The number of amides is 1. The Morgan fingerprint density at radius 1 is 1.09 bits per heavy atom. The van der Waals surface area contributed by atoms with E-state index in [4.69, 9.17) is 29.8 Å². The first-order chi connectivity index (χ1) is 21.4. The molecule has 0 aromatic heterocycles. The zero-order chi connectivity index (χ0) is 31.4. The van der Waals surface area contributed by atoms with E-state index in [1.165, 1.54) is 0 Å². The van der Waals surface area contributed by atoms with Crippen LogP contribution in [0, 0.1) is 0 Å². The number of ether oxygens (including phenoxy) is 3. The number of benzene rings is 3. The molecule has 0 bridgehead atoms. The average molecular weight is 665 g/mol. The third-order valence-corrected chi connectivity index (χ3v) is 7.67. The zero-order valence-electron chi connectivity index (χ0n) is 25.0. The molecule has 44 heavy (non-hydrogen) atoms. The lowest BCUT2D eigenvalue weighted by molar-refractivity contribution is -0.129. The van der Waals surface area contributed by atoms with Crippen molar-refractivity contribution >= 4 is 27.7 Å². The van der Waals surface area contributed by atoms with E-state index >= 15 is 0 Å². The van der Waals surface area contributed by atoms with Crippen molar-refractivity contribution in [1.29, 1.82) is 0 Å². The van der Waals surface area contributed by atoms with Crippen LogP contribution in [-0.2, 0) is 27.2 Å². The molecule has 1 heterocycles. The van der Waals surface area contributed by atoms with E-state index in [0.717, 1.165) is 21.2 Å². The van der Waals surface area contributed by atoms with Gasteiger partial charge < -0.3 is 24.6 Å². The molecule has 4 rings (SSSR count). The number of hydrogen-bond donors (Lipinski definition) is 2. The third kappa shape index (κ3) is 8.60. The molecule has 0 unspecified atom stereocenters. The smallest absolute Gasteiger partial charge is 0.252 e. The monoisotopic (exact) mass is 663 g/mol. The molecule has 3 aromatic rings. The first-order valence-electron chi connectivity index (χ1n) is 14.7. The maximum absolute atomic E-state index is 14.4. The summed E-state index contributed by atoms with van der Waals surface area (Å²) >= 11 is 3.51. The van der Waals surface area contributed by atoms with E-state index < -0.39 is 11.6 Å². The minimum atomic E-state index is -1.37. The zero-order valence-corrected chi connectivity index (χ0v) is 26.6. The molecule has 2 atom stereocenters. The van der Waals surface area contributed by atoms with Crippen LogP contribution in [0.2, 0.25) is 0 Å². The maximum Gasteiger partial charge on any atom is 0.252 e. The molecule has 10 nitrogen and oxygen atoms in total. The Kier molecular flexibility index (Phi) is 12.2. The predicted molar refractivity (Wildman–Crippen MR) is 173 cm³/mol. The lowest BCUT2D eigenvalue weighted by Crippen LogP contribution is -2.50. The van der Waals surface area contributed by atoms with Crippen LogP contribution < -0.4 is 10.1 Å². The Bertz CT molecular complexity index is 1460. The van der Waals surface area contributed by atoms with Crippen LogP contribution in [0.1, 0.15) is 55.0 Å². The van der Waals surface area contributed by atoms with Crippen molar-refractivity contribution in [3.63, 3.8) is 0 Å². The van der Waals surface area contributed by atoms with Crippen LogP contribution in [0.15, 0.2) is 87.4 Å². The van der Waals surface area contributed by atoms with Crippen LogP contribution in [0.4, 0.5) is 0 Å². The van der Waals surface area contributed by atoms with Crippen molar-refractivity contribution in [2.24, 2.45) is 10.1 Å². The van der Waals surface area contributed by atoms with Crippen molar-refractivity contribution in [3.05, 3.63) is 110 Å². The van der Waals surface area contributed by atoms with E-state index in [9.17, 15) is 4.79 Å². The highest BCUT2D eigenvalue weighted by atomic mass is 79.9. The molecule has 1 aliphatic heterocycles. The van der Waals surface area contributed by atoms with Gasteiger partial charge in [0.05, 0.1) is 19.3 Å². The van der Waals surface area contributed by atoms with Gasteiger partial charge >= 0.3 is 0 Å². The Morgan fingerprint density at radius 3 is 2.50 bits per heavy atom. The first-order valence-corrected chi connectivity index (χ1v) is 15.5. The number of hydrogen-bond acceptors (Lipinski definition) is 7. The fraction of sp³-hybridized carbons (Fsp3) is 0.394. The summed E-state index contributed by atoms with van der Waals surface area (Å²) in [5.74, 6) is 0.725. The number of halogens is 1. The minimum Gasteiger partial charge on any atom is -0.494 e. The molecule has 0 saturated carbocycles. The Hall–Kier alpha value is -3.89. The van der Waals surface area contributed by atoms with Crippen LogP contribution in [0.25, 0.3) is 10.4 Å². The highest BCUT2D eigenvalue weighted by Gasteiger charge is 2.53. The number of nitrogens with one attached hydrogen (secondary N) is 1. The number of rotatable bonds is 16. The van der Waals surface area contributed by atoms with Gasteiger partial charge in [0.25, 0.3) is 5.91 Å². The summed E-state index contributed by atoms with van der Waals surface area (Å²) in [5, 5.41) is 15.9. The Balaban J connectivity index is 1.76. The van der Waals surface area contributed by atoms with Gasteiger partial charge in [-0.3, -0.25) is 4.79 Å². The maximum atomic E-state index is 14.4. The minimum absolute atomic E-state index is 0.0566. The van der Waals surface area contributed by atoms with Gasteiger partial charge in [-0.2, -0.15) is 0 Å². The fourth-order valence-corrected chi connectivity index (χ4v) is 5.21. The summed E-state index contributed by atoms with van der Waals surface area (Å²) in [5.41, 5.74) is 10.8. The van der Waals surface area contributed by atoms with Gasteiger partial charge in [0, 0.05) is 47.5 Å². The molecule has 0 spiro atoms. The van der Waals surface area contributed by atoms with Crippen LogP contribution >= 0.6 is 15.9 Å². The molecule has 232 valence electrons. The van der Waals surface area contributed by atoms with Crippen molar-refractivity contribution < 1.29 is 24.1 Å². The van der Waals surface area contributed by atoms with Gasteiger partial charge in [-0.25, -0.2) is 4.99 Å². The number of nitrogens with zero attached hydrogens (tertiary/aromatic N) is 4. The SMILES string of the molecule is CC(C)OCCCNC(=O)[C@]1(Cc2ccccc2CN=[N+]=[N-])N=C(c2ccc(OCCCO)cc2)O[C@@H]1c1ccc(Br)cc1. The number of aliphatic imine (C=N–C) groups is 1. The second-order valence-electron chi connectivity index (χ2n) is 10.7. The molecule has 0 saturated heterocycles. The largest absolute Gasteiger partial charge is 0.494 e. The summed E-state index contributed by atoms with van der Waals surface area (Å²) in [6.45, 7) is 5.49. The van der Waals surface area contributed by atoms with Crippen molar-refractivity contribution in [1.82, 2.24) is 5.32 Å². The summed E-state index contributed by atoms with van der Waals surface area (Å²) in [7, 11) is 0. The molecular weight excluding hydrogens is 626 g/mol. The fourth-order valence-electron chi connectivity index (χ4n) is 4.95. The van der Waals surface area contributed by atoms with Crippen molar-refractivity contribution in [2.45, 2.75) is 57.4 Å². The second-order valence-corrected chi connectivity index (χ2v) is 11.6. The Morgan fingerprint density at radius 2 is 1.82 bits per heavy atom. The third-order valence-electron chi connectivity index (χ3n) is 7.14. The second kappa shape index (κ2) is 16.3. The number of aliphatic hydroxyl groups excluding tert-OH is 1. The molecule has 0 radical (unpaired) electrons. The molecular formula is C33H38BrN5O5. The van der Waals surface area contributed by atoms with Crippen molar-refractivity contribution in [2.75, 3.05) is 26.4 Å². The molecule has 0 fully saturated rings. The lowest BCUT2D eigenvalue weighted by Gasteiger charge is -2.31. The van der Waals surface area contributed by atoms with Crippen LogP contribution in [-0.4, -0.2) is 54.9 Å². The molecule has 1 aliphatic rings. The summed E-state index contributed by atoms with van der Waals surface area (Å²) in [4.78, 5) is 22.4. The highest BCUT2D eigenvalue weighted by Crippen LogP contribution is 2.43. The van der Waals surface area contributed by atoms with Gasteiger partial charge in [-0.15, -0.1) is 0 Å². The summed E-state index contributed by atoms with van der Waals surface area (Å²) < 4.78 is 18.9. The molecule has 1 amide bonds. The van der Waals surface area contributed by atoms with E-state index in [1.54, 1.807) is 0 Å². The van der Waals surface area contributed by atoms with Gasteiger partial charge in [-0.1, -0.05) is 57.4 Å². The van der Waals surface area contributed by atoms with Crippen LogP contribution in [0.5, 0.6) is 5.75 Å². The van der Waals surface area contributed by atoms with Gasteiger partial charge in [0.15, 0.2) is 11.6 Å². The standard InChI is InChI=1S/C33H38BrN5O5/c1-23(2)42-19-5-17-36-32(41)33(21-26-7-3-4-8-27(26)22-37-39-35)30(24-9-13-28(34)14-10-24)44-31(38-33)25-11-15-29(16-12-25)43-20-6-18-40/h3-4,7-16,23,30,40H,5-6,17-22H2,1-2H3,(H,36,41)/t30-,33-/m1/s1. The van der Waals surface area contributed by atoms with Gasteiger partial charge in [-0.05, 0) is 78.9 Å². The summed E-state index contributed by atoms with van der Waals surface area (Å²) in [6.07, 6.45) is 0.754. The number of azide groups is 1. The first kappa shape index (κ1) is 33.0. The molecule has 0 aliphatic carbocycles. The van der Waals surface area contributed by atoms with E-state index in [1.807, 2.05) is 86.6 Å². The Labute approximate surface area is 266 Å². The van der Waals surface area contributed by atoms with Crippen molar-refractivity contribution in [3.8, 4) is 5.75 Å². The summed E-state index contributed by atoms with van der Waals surface area (Å²) in [6, 6.07) is 22.6. The lowest BCUT2D eigenvalue weighted by atomic mass is 9.81. The average Bonchev–Trinajstić information content (AvgIpc) is 3.41. The van der Waals surface area contributed by atoms with Gasteiger partial charge in [0.2, 0.25) is 5.90 Å². The normalized spacial score (nSPS) is 17.5.